The molecule has 0 aromatic carbocycles. The Balaban J connectivity index is 1.15. The van der Waals surface area contributed by atoms with Crippen molar-refractivity contribution >= 4 is 35.4 Å². The van der Waals surface area contributed by atoms with Crippen molar-refractivity contribution in [2.24, 2.45) is 29.6 Å². The maximum Gasteiger partial charge on any atom is 0.329 e. The lowest BCUT2D eigenvalue weighted by Gasteiger charge is -2.47. The van der Waals surface area contributed by atoms with Crippen LogP contribution in [-0.4, -0.2) is 243 Å². The molecule has 0 aromatic rings. The number of ether oxygens (including phenoxy) is 10. The summed E-state index contributed by atoms with van der Waals surface area (Å²) in [5.41, 5.74) is 1.38. The number of hydrogen-bond acceptors (Lipinski definition) is 25. The van der Waals surface area contributed by atoms with Crippen LogP contribution in [-0.2, 0) is 76.1 Å². The SMILES string of the molecule is C=CC[C@@H]1/C=C(\C)C[C@@H](C)C[C@H](OC)[C@H]2O[C@@](O)(C(=O)C(=O)N3CCCCC3C(=O)O[C@H](/C(C)=C/C3CC[C@@H](OC(=O)CCC(=O)OC4OC(CO)C(OC5OC(CO)C(O)C(O)C5O)C(O)C4O)[C@H](OC)C3)[C@H](C)[C@H](O)CC1=O)[C@H](C)CC2OC. The molecular formula is C60H93NO25. The number of cyclic esters (lactones) is 1. The van der Waals surface area contributed by atoms with Crippen molar-refractivity contribution in [1.82, 2.24) is 4.90 Å². The number of Topliss-reactive ketones (excluding diaryl/α,β-unsaturated/α-hetero) is 2. The minimum absolute atomic E-state index is 0.00881. The van der Waals surface area contributed by atoms with E-state index < -0.39 is 189 Å². The number of methoxy groups -OCH3 is 3. The Bertz CT molecular complexity index is 2370. The summed E-state index contributed by atoms with van der Waals surface area (Å²) in [7, 11) is 4.41. The first-order valence-electron chi connectivity index (χ1n) is 29.9. The summed E-state index contributed by atoms with van der Waals surface area (Å²) in [6, 6.07) is -1.27. The highest BCUT2D eigenvalue weighted by Crippen LogP contribution is 2.40. The van der Waals surface area contributed by atoms with Gasteiger partial charge in [0.1, 0.15) is 79.0 Å². The maximum absolute atomic E-state index is 14.7. The van der Waals surface area contributed by atoms with Gasteiger partial charge in [0, 0.05) is 52.0 Å². The standard InChI is InChI=1S/C60H93NO25/c1-10-13-35-21-29(2)20-30(3)22-41(78-8)53-42(79-9)24-32(5)60(76,86-53)55(73)56(74)61-19-12-11-14-36(61)57(75)84-52(33(6)37(64)26-38(35)65)31(4)23-34-15-16-39(40(25-34)77-7)80-45(66)17-18-46(67)83-58-51(72)49(70)54(44(28-63)82-58)85-59-50(71)48(69)47(68)43(27-62)81-59/h10,21,23,30,32-37,39-44,47-54,58-59,62-64,68-72,76H,1,11-20,22,24-28H2,2-9H3/b29-21+,31-23+/t30-,32-,33-,34?,35-,36?,37-,39-,40-,41+,42?,43?,44?,47?,48?,49?,50?,51?,52-,53-,54?,58?,59?,60-/m1/s1. The normalized spacial score (nSPS) is 41.8. The molecule has 26 heteroatoms. The fraction of sp³-hybridized carbons (Fsp3) is 0.800. The van der Waals surface area contributed by atoms with Crippen molar-refractivity contribution in [2.75, 3.05) is 41.1 Å². The first kappa shape index (κ1) is 70.9. The van der Waals surface area contributed by atoms with Gasteiger partial charge in [0.25, 0.3) is 11.7 Å². The number of carbonyl (C=O) groups excluding carboxylic acids is 6. The van der Waals surface area contributed by atoms with Gasteiger partial charge in [0.15, 0.2) is 6.29 Å². The molecule has 5 aliphatic heterocycles. The number of rotatable bonds is 16. The smallest absolute Gasteiger partial charge is 0.329 e. The Kier molecular flexibility index (Phi) is 26.4. The first-order chi connectivity index (χ1) is 40.7. The molecule has 13 unspecified atom stereocenters. The minimum Gasteiger partial charge on any atom is -0.460 e. The summed E-state index contributed by atoms with van der Waals surface area (Å²) >= 11 is 0. The van der Waals surface area contributed by atoms with Gasteiger partial charge < -0.3 is 98.2 Å². The van der Waals surface area contributed by atoms with Crippen molar-refractivity contribution in [1.29, 1.82) is 0 Å². The number of piperidine rings is 1. The third-order valence-corrected chi connectivity index (χ3v) is 17.9. The van der Waals surface area contributed by atoms with Gasteiger partial charge >= 0.3 is 17.9 Å². The van der Waals surface area contributed by atoms with Crippen molar-refractivity contribution in [3.63, 3.8) is 0 Å². The summed E-state index contributed by atoms with van der Waals surface area (Å²) in [4.78, 5) is 85.1. The van der Waals surface area contributed by atoms with Crippen molar-refractivity contribution < 1.29 is 122 Å². The van der Waals surface area contributed by atoms with Crippen molar-refractivity contribution in [2.45, 2.75) is 234 Å². The maximum atomic E-state index is 14.7. The molecule has 1 aliphatic carbocycles. The average molecular weight is 1230 g/mol. The molecule has 0 aromatic heterocycles. The highest BCUT2D eigenvalue weighted by atomic mass is 16.8. The summed E-state index contributed by atoms with van der Waals surface area (Å²) in [6.07, 6.45) is -16.4. The summed E-state index contributed by atoms with van der Waals surface area (Å²) in [6.45, 7) is 11.1. The Morgan fingerprint density at radius 3 is 2.02 bits per heavy atom. The van der Waals surface area contributed by atoms with Crippen molar-refractivity contribution in [3.05, 3.63) is 36.0 Å². The molecule has 4 saturated heterocycles. The van der Waals surface area contributed by atoms with Gasteiger partial charge in [-0.1, -0.05) is 44.6 Å². The molecule has 2 bridgehead atoms. The van der Waals surface area contributed by atoms with Crippen LogP contribution in [0.2, 0.25) is 0 Å². The second-order valence-electron chi connectivity index (χ2n) is 24.2. The zero-order valence-corrected chi connectivity index (χ0v) is 50.5. The monoisotopic (exact) mass is 1230 g/mol. The number of aliphatic hydroxyl groups is 9. The van der Waals surface area contributed by atoms with E-state index in [9.17, 15) is 74.7 Å². The van der Waals surface area contributed by atoms with Gasteiger partial charge in [-0.05, 0) is 95.5 Å². The number of carbonyl (C=O) groups is 6. The lowest BCUT2D eigenvalue weighted by atomic mass is 9.81. The predicted molar refractivity (Wildman–Crippen MR) is 298 cm³/mol. The van der Waals surface area contributed by atoms with Gasteiger partial charge in [-0.3, -0.25) is 24.0 Å². The van der Waals surface area contributed by atoms with Crippen LogP contribution in [0.15, 0.2) is 36.0 Å². The average Bonchev–Trinajstić information content (AvgIpc) is 1.11. The number of hydrogen-bond donors (Lipinski definition) is 9. The fourth-order valence-corrected chi connectivity index (χ4v) is 12.8. The molecule has 5 fully saturated rings. The van der Waals surface area contributed by atoms with Crippen LogP contribution < -0.4 is 0 Å². The zero-order chi connectivity index (χ0) is 63.5. The van der Waals surface area contributed by atoms with E-state index in [1.807, 2.05) is 26.0 Å². The molecule has 0 spiro atoms. The van der Waals surface area contributed by atoms with E-state index in [0.717, 1.165) is 10.5 Å². The number of amides is 1. The number of nitrogens with zero attached hydrogens (tertiary/aromatic N) is 1. The van der Waals surface area contributed by atoms with E-state index in [1.54, 1.807) is 26.8 Å². The highest BCUT2D eigenvalue weighted by molar-refractivity contribution is 6.39. The molecule has 24 atom stereocenters. The van der Waals surface area contributed by atoms with Crippen LogP contribution in [0.3, 0.4) is 0 Å². The molecule has 1 amide bonds. The third kappa shape index (κ3) is 17.0. The predicted octanol–water partition coefficient (Wildman–Crippen LogP) is 0.137. The number of esters is 3. The van der Waals surface area contributed by atoms with Crippen LogP contribution in [0.1, 0.15) is 118 Å². The van der Waals surface area contributed by atoms with E-state index in [-0.39, 0.29) is 62.7 Å². The minimum atomic E-state index is -2.60. The quantitative estimate of drug-likeness (QED) is 0.0429. The van der Waals surface area contributed by atoms with Crippen LogP contribution in [0.25, 0.3) is 0 Å². The van der Waals surface area contributed by atoms with Crippen LogP contribution in [0, 0.1) is 29.6 Å². The number of ketones is 2. The van der Waals surface area contributed by atoms with Crippen LogP contribution in [0.5, 0.6) is 0 Å². The Hall–Kier alpha value is -4.20. The summed E-state index contributed by atoms with van der Waals surface area (Å²) < 4.78 is 57.5. The number of aliphatic hydroxyl groups excluding tert-OH is 8. The number of fused-ring (bicyclic) bond motifs is 3. The molecule has 0 radical (unpaired) electrons. The lowest BCUT2D eigenvalue weighted by molar-refractivity contribution is -0.355. The molecule has 9 N–H and O–H groups in total. The fourth-order valence-electron chi connectivity index (χ4n) is 12.8. The van der Waals surface area contributed by atoms with Crippen LogP contribution >= 0.6 is 0 Å². The lowest BCUT2D eigenvalue weighted by Crippen LogP contribution is -2.64. The van der Waals surface area contributed by atoms with Gasteiger partial charge in [-0.25, -0.2) is 4.79 Å². The van der Waals surface area contributed by atoms with Gasteiger partial charge in [-0.2, -0.15) is 0 Å². The molecule has 1 saturated carbocycles. The number of allylic oxidation sites excluding steroid dienone is 4. The molecule has 26 nitrogen and oxygen atoms in total. The summed E-state index contributed by atoms with van der Waals surface area (Å²) in [5.74, 6) is -10.8. The molecule has 6 aliphatic rings. The highest BCUT2D eigenvalue weighted by Gasteiger charge is 2.57. The van der Waals surface area contributed by atoms with Gasteiger partial charge in [0.05, 0.1) is 50.5 Å². The van der Waals surface area contributed by atoms with Gasteiger partial charge in [0.2, 0.25) is 12.1 Å². The molecule has 86 heavy (non-hydrogen) atoms. The molecule has 488 valence electrons. The Morgan fingerprint density at radius 1 is 0.756 bits per heavy atom. The molecular weight excluding hydrogens is 1130 g/mol. The van der Waals surface area contributed by atoms with Gasteiger partial charge in [-0.15, -0.1) is 6.58 Å². The molecule has 6 rings (SSSR count). The van der Waals surface area contributed by atoms with E-state index in [2.05, 4.69) is 6.58 Å². The van der Waals surface area contributed by atoms with E-state index in [4.69, 9.17) is 47.4 Å². The topological polar surface area (TPSA) is 380 Å². The summed E-state index contributed by atoms with van der Waals surface area (Å²) in [5, 5.41) is 96.2. The largest absolute Gasteiger partial charge is 0.460 e. The van der Waals surface area contributed by atoms with E-state index in [0.29, 0.717) is 37.7 Å². The third-order valence-electron chi connectivity index (χ3n) is 17.9. The zero-order valence-electron chi connectivity index (χ0n) is 50.5. The van der Waals surface area contributed by atoms with Crippen LogP contribution in [0.4, 0.5) is 0 Å². The Labute approximate surface area is 501 Å². The van der Waals surface area contributed by atoms with Crippen molar-refractivity contribution in [3.8, 4) is 0 Å². The first-order valence-corrected chi connectivity index (χ1v) is 29.9. The Morgan fingerprint density at radius 2 is 1.38 bits per heavy atom. The second kappa shape index (κ2) is 32.0. The van der Waals surface area contributed by atoms with E-state index in [1.165, 1.54) is 21.3 Å². The second-order valence-corrected chi connectivity index (χ2v) is 24.2. The van der Waals surface area contributed by atoms with E-state index >= 15 is 0 Å². The molecule has 5 heterocycles.